The summed E-state index contributed by atoms with van der Waals surface area (Å²) in [6, 6.07) is 3.74. The first-order valence-corrected chi connectivity index (χ1v) is 8.06. The average Bonchev–Trinajstić information content (AvgIpc) is 3.20. The van der Waals surface area contributed by atoms with Gasteiger partial charge in [-0.2, -0.15) is 0 Å². The van der Waals surface area contributed by atoms with Crippen LogP contribution in [0.15, 0.2) is 16.6 Å². The minimum absolute atomic E-state index is 0.0479. The lowest BCUT2D eigenvalue weighted by Gasteiger charge is -2.38. The van der Waals surface area contributed by atoms with Crippen molar-refractivity contribution in [3.05, 3.63) is 22.2 Å². The van der Waals surface area contributed by atoms with E-state index in [4.69, 9.17) is 19.9 Å². The van der Waals surface area contributed by atoms with E-state index in [0.29, 0.717) is 18.0 Å². The zero-order valence-corrected chi connectivity index (χ0v) is 13.1. The third-order valence-corrected chi connectivity index (χ3v) is 5.64. The molecule has 0 aromatic heterocycles. The van der Waals surface area contributed by atoms with E-state index in [9.17, 15) is 5.11 Å². The third kappa shape index (κ3) is 1.93. The average molecular weight is 356 g/mol. The highest BCUT2D eigenvalue weighted by Crippen LogP contribution is 2.54. The molecule has 2 saturated heterocycles. The lowest BCUT2D eigenvalue weighted by Crippen LogP contribution is -2.44. The second-order valence-corrected chi connectivity index (χ2v) is 6.96. The van der Waals surface area contributed by atoms with E-state index in [-0.39, 0.29) is 19.0 Å². The number of aliphatic hydroxyl groups is 1. The van der Waals surface area contributed by atoms with Crippen LogP contribution in [0.2, 0.25) is 0 Å². The summed E-state index contributed by atoms with van der Waals surface area (Å²) in [7, 11) is 0. The first-order valence-electron chi connectivity index (χ1n) is 7.27. The summed E-state index contributed by atoms with van der Waals surface area (Å²) in [6.45, 7) is 0.630. The smallest absolute Gasteiger partial charge is 0.231 e. The molecule has 3 N–H and O–H groups in total. The molecule has 0 spiro atoms. The number of fused-ring (bicyclic) bond motifs is 3. The highest BCUT2D eigenvalue weighted by molar-refractivity contribution is 9.10. The predicted octanol–water partition coefficient (Wildman–Crippen LogP) is 2.11. The Balaban J connectivity index is 1.71. The molecule has 1 aromatic carbocycles. The van der Waals surface area contributed by atoms with Gasteiger partial charge in [0.2, 0.25) is 6.79 Å². The normalized spacial score (nSPS) is 34.4. The second-order valence-electron chi connectivity index (χ2n) is 6.10. The van der Waals surface area contributed by atoms with Crippen molar-refractivity contribution in [2.24, 2.45) is 11.1 Å². The number of hydrogen-bond acceptors (Lipinski definition) is 5. The summed E-state index contributed by atoms with van der Waals surface area (Å²) in [5.74, 6) is 1.35. The van der Waals surface area contributed by atoms with Crippen LogP contribution in [0.1, 0.15) is 30.9 Å². The van der Waals surface area contributed by atoms with Gasteiger partial charge < -0.3 is 25.1 Å². The molecule has 0 aliphatic carbocycles. The molecule has 1 aromatic rings. The van der Waals surface area contributed by atoms with E-state index in [1.54, 1.807) is 0 Å². The number of nitrogens with two attached hydrogens (primary N) is 1. The third-order valence-electron chi connectivity index (χ3n) is 5.05. The number of ether oxygens (including phenoxy) is 3. The SMILES string of the molecule is NCC1(C(O)c2cc(Br)c3c(c2)OCO3)CC2CCC1O2. The van der Waals surface area contributed by atoms with Gasteiger partial charge in [0, 0.05) is 12.0 Å². The summed E-state index contributed by atoms with van der Waals surface area (Å²) >= 11 is 3.48. The van der Waals surface area contributed by atoms with Crippen LogP contribution in [0.25, 0.3) is 0 Å². The van der Waals surface area contributed by atoms with Crippen molar-refractivity contribution < 1.29 is 19.3 Å². The molecule has 114 valence electrons. The largest absolute Gasteiger partial charge is 0.454 e. The molecule has 3 aliphatic rings. The fraction of sp³-hybridized carbons (Fsp3) is 0.600. The van der Waals surface area contributed by atoms with Gasteiger partial charge in [0.05, 0.1) is 22.8 Å². The van der Waals surface area contributed by atoms with Crippen LogP contribution < -0.4 is 15.2 Å². The van der Waals surface area contributed by atoms with Crippen molar-refractivity contribution in [3.63, 3.8) is 0 Å². The van der Waals surface area contributed by atoms with Crippen molar-refractivity contribution in [2.75, 3.05) is 13.3 Å². The van der Waals surface area contributed by atoms with Gasteiger partial charge in [0.1, 0.15) is 0 Å². The molecule has 2 bridgehead atoms. The Labute approximate surface area is 131 Å². The van der Waals surface area contributed by atoms with E-state index in [0.717, 1.165) is 29.3 Å². The fourth-order valence-corrected chi connectivity index (χ4v) is 4.50. The van der Waals surface area contributed by atoms with Crippen molar-refractivity contribution in [1.82, 2.24) is 0 Å². The van der Waals surface area contributed by atoms with Crippen LogP contribution in [-0.2, 0) is 4.74 Å². The van der Waals surface area contributed by atoms with E-state index in [1.807, 2.05) is 12.1 Å². The number of halogens is 1. The summed E-state index contributed by atoms with van der Waals surface area (Å²) in [6.07, 6.45) is 2.50. The molecule has 0 amide bonds. The molecular weight excluding hydrogens is 338 g/mol. The Bertz CT molecular complexity index is 581. The van der Waals surface area contributed by atoms with Gasteiger partial charge in [0.25, 0.3) is 0 Å². The Morgan fingerprint density at radius 2 is 2.24 bits per heavy atom. The summed E-state index contributed by atoms with van der Waals surface area (Å²) in [4.78, 5) is 0. The Morgan fingerprint density at radius 1 is 1.38 bits per heavy atom. The van der Waals surface area contributed by atoms with Gasteiger partial charge in [-0.05, 0) is 52.9 Å². The molecule has 3 aliphatic heterocycles. The molecule has 4 unspecified atom stereocenters. The van der Waals surface area contributed by atoms with E-state index in [2.05, 4.69) is 15.9 Å². The molecule has 2 fully saturated rings. The minimum Gasteiger partial charge on any atom is -0.454 e. The van der Waals surface area contributed by atoms with Gasteiger partial charge in [-0.3, -0.25) is 0 Å². The molecule has 3 heterocycles. The van der Waals surface area contributed by atoms with E-state index < -0.39 is 11.5 Å². The first kappa shape index (κ1) is 13.8. The zero-order valence-electron chi connectivity index (χ0n) is 11.5. The van der Waals surface area contributed by atoms with Crippen LogP contribution in [0, 0.1) is 5.41 Å². The van der Waals surface area contributed by atoms with Gasteiger partial charge in [-0.15, -0.1) is 0 Å². The van der Waals surface area contributed by atoms with Crippen molar-refractivity contribution >= 4 is 15.9 Å². The van der Waals surface area contributed by atoms with Crippen LogP contribution in [0.3, 0.4) is 0 Å². The highest BCUT2D eigenvalue weighted by atomic mass is 79.9. The Hall–Kier alpha value is -0.820. The predicted molar refractivity (Wildman–Crippen MR) is 79.2 cm³/mol. The van der Waals surface area contributed by atoms with Crippen LogP contribution in [0.4, 0.5) is 0 Å². The molecule has 6 heteroatoms. The first-order chi connectivity index (χ1) is 10.1. The topological polar surface area (TPSA) is 73.9 Å². The quantitative estimate of drug-likeness (QED) is 0.868. The molecule has 4 atom stereocenters. The van der Waals surface area contributed by atoms with Crippen molar-refractivity contribution in [2.45, 2.75) is 37.6 Å². The Morgan fingerprint density at radius 3 is 2.90 bits per heavy atom. The number of aliphatic hydroxyl groups excluding tert-OH is 1. The Kier molecular flexibility index (Phi) is 3.19. The summed E-state index contributed by atoms with van der Waals surface area (Å²) < 4.78 is 17.6. The second kappa shape index (κ2) is 4.84. The molecule has 5 nitrogen and oxygen atoms in total. The number of hydrogen-bond donors (Lipinski definition) is 2. The maximum Gasteiger partial charge on any atom is 0.231 e. The van der Waals surface area contributed by atoms with Crippen LogP contribution >= 0.6 is 15.9 Å². The fourth-order valence-electron chi connectivity index (χ4n) is 3.93. The van der Waals surface area contributed by atoms with Gasteiger partial charge >= 0.3 is 0 Å². The zero-order chi connectivity index (χ0) is 14.6. The van der Waals surface area contributed by atoms with Gasteiger partial charge in [-0.25, -0.2) is 0 Å². The molecule has 0 radical (unpaired) electrons. The minimum atomic E-state index is -0.663. The maximum atomic E-state index is 11.0. The highest BCUT2D eigenvalue weighted by Gasteiger charge is 2.55. The summed E-state index contributed by atoms with van der Waals surface area (Å²) in [5, 5.41) is 11.0. The number of rotatable bonds is 3. The lowest BCUT2D eigenvalue weighted by molar-refractivity contribution is -0.0264. The van der Waals surface area contributed by atoms with Crippen molar-refractivity contribution in [1.29, 1.82) is 0 Å². The summed E-state index contributed by atoms with van der Waals surface area (Å²) in [5.41, 5.74) is 6.44. The van der Waals surface area contributed by atoms with E-state index >= 15 is 0 Å². The van der Waals surface area contributed by atoms with Crippen LogP contribution in [-0.4, -0.2) is 30.7 Å². The molecule has 4 rings (SSSR count). The standard InChI is InChI=1S/C15H18BrNO4/c16-10-3-8(4-11-13(10)20-7-19-11)14(18)15(6-17)5-9-1-2-12(15)21-9/h3-4,9,12,14,18H,1-2,5-7,17H2. The lowest BCUT2D eigenvalue weighted by atomic mass is 9.68. The molecular formula is C15H18BrNO4. The van der Waals surface area contributed by atoms with Gasteiger partial charge in [0.15, 0.2) is 11.5 Å². The monoisotopic (exact) mass is 355 g/mol. The van der Waals surface area contributed by atoms with Crippen LogP contribution in [0.5, 0.6) is 11.5 Å². The molecule has 21 heavy (non-hydrogen) atoms. The van der Waals surface area contributed by atoms with Gasteiger partial charge in [-0.1, -0.05) is 0 Å². The van der Waals surface area contributed by atoms with E-state index in [1.165, 1.54) is 0 Å². The number of benzene rings is 1. The maximum absolute atomic E-state index is 11.0. The van der Waals surface area contributed by atoms with Crippen molar-refractivity contribution in [3.8, 4) is 11.5 Å². The molecule has 0 saturated carbocycles.